The van der Waals surface area contributed by atoms with Crippen molar-refractivity contribution in [3.8, 4) is 0 Å². The number of carbonyl (C=O) groups is 1. The normalized spacial score (nSPS) is 45.8. The number of rotatable bonds is 1. The monoisotopic (exact) mass is 396 g/mol. The molecule has 0 aliphatic heterocycles. The molecule has 0 saturated heterocycles. The number of carbonyl (C=O) groups excluding carboxylic acids is 1. The van der Waals surface area contributed by atoms with Gasteiger partial charge in [0.1, 0.15) is 0 Å². The van der Waals surface area contributed by atoms with Crippen LogP contribution in [0, 0.1) is 41.4 Å². The van der Waals surface area contributed by atoms with Crippen LogP contribution >= 0.6 is 0 Å². The largest absolute Gasteiger partial charge is 0.393 e. The highest BCUT2D eigenvalue weighted by Crippen LogP contribution is 2.66. The summed E-state index contributed by atoms with van der Waals surface area (Å²) in [5.74, 6) is 2.94. The van der Waals surface area contributed by atoms with Crippen LogP contribution in [0.4, 0.5) is 0 Å². The van der Waals surface area contributed by atoms with Crippen LogP contribution in [0.15, 0.2) is 11.8 Å². The van der Waals surface area contributed by atoms with Gasteiger partial charge in [-0.25, -0.2) is 0 Å². The van der Waals surface area contributed by atoms with Crippen LogP contribution in [-0.2, 0) is 11.8 Å². The lowest BCUT2D eigenvalue weighted by molar-refractivity contribution is -0.141. The van der Waals surface area contributed by atoms with Gasteiger partial charge in [-0.05, 0) is 99.0 Å². The molecule has 7 atom stereocenters. The maximum atomic E-state index is 13.5. The molecule has 1 aromatic heterocycles. The Hall–Kier alpha value is -1.42. The van der Waals surface area contributed by atoms with Crippen molar-refractivity contribution in [2.24, 2.45) is 41.5 Å². The Morgan fingerprint density at radius 2 is 1.97 bits per heavy atom. The van der Waals surface area contributed by atoms with Crippen LogP contribution in [0.5, 0.6) is 0 Å². The van der Waals surface area contributed by atoms with E-state index in [1.165, 1.54) is 19.3 Å². The number of aromatic nitrogens is 2. The van der Waals surface area contributed by atoms with Crippen LogP contribution in [0.2, 0.25) is 0 Å². The van der Waals surface area contributed by atoms with E-state index in [1.807, 2.05) is 17.9 Å². The Kier molecular flexibility index (Phi) is 4.40. The van der Waals surface area contributed by atoms with Gasteiger partial charge in [-0.1, -0.05) is 13.8 Å². The molecule has 0 radical (unpaired) electrons. The number of hydrogen-bond acceptors (Lipinski definition) is 3. The summed E-state index contributed by atoms with van der Waals surface area (Å²) >= 11 is 0. The summed E-state index contributed by atoms with van der Waals surface area (Å²) < 4.78 is 1.89. The topological polar surface area (TPSA) is 55.1 Å². The van der Waals surface area contributed by atoms with Crippen molar-refractivity contribution < 1.29 is 9.90 Å². The van der Waals surface area contributed by atoms with Crippen molar-refractivity contribution >= 4 is 11.9 Å². The molecular weight excluding hydrogens is 360 g/mol. The zero-order valence-corrected chi connectivity index (χ0v) is 18.4. The highest BCUT2D eigenvalue weighted by atomic mass is 16.3. The third kappa shape index (κ3) is 2.74. The minimum absolute atomic E-state index is 0.0937. The molecule has 4 heteroatoms. The third-order valence-corrected chi connectivity index (χ3v) is 9.88. The Morgan fingerprint density at radius 3 is 2.69 bits per heavy atom. The van der Waals surface area contributed by atoms with E-state index in [0.717, 1.165) is 54.9 Å². The summed E-state index contributed by atoms with van der Waals surface area (Å²) in [6.07, 6.45) is 12.7. The second-order valence-corrected chi connectivity index (χ2v) is 11.1. The number of aryl methyl sites for hydroxylation is 1. The lowest BCUT2D eigenvalue weighted by Gasteiger charge is -2.59. The van der Waals surface area contributed by atoms with Crippen LogP contribution in [-0.4, -0.2) is 26.8 Å². The third-order valence-electron chi connectivity index (χ3n) is 9.88. The molecular formula is C25H36N2O2. The number of allylic oxidation sites excluding steroid dienone is 1. The fraction of sp³-hybridized carbons (Fsp3) is 0.760. The summed E-state index contributed by atoms with van der Waals surface area (Å²) in [5, 5.41) is 14.6. The van der Waals surface area contributed by atoms with Gasteiger partial charge in [0, 0.05) is 23.7 Å². The molecule has 5 rings (SSSR count). The van der Waals surface area contributed by atoms with Crippen molar-refractivity contribution in [2.45, 2.75) is 78.2 Å². The van der Waals surface area contributed by atoms with E-state index in [-0.39, 0.29) is 11.5 Å². The molecule has 4 aliphatic rings. The molecule has 158 valence electrons. The van der Waals surface area contributed by atoms with Crippen LogP contribution < -0.4 is 0 Å². The Bertz CT molecular complexity index is 870. The predicted octanol–water partition coefficient (Wildman–Crippen LogP) is 4.69. The summed E-state index contributed by atoms with van der Waals surface area (Å²) in [6, 6.07) is 0. The SMILES string of the molecule is Cc1c(/C=C2/C[C@@H]3[C@H]4CC[C@H]5C[C@@H](O)CC[C@]5(C)[C@@H]4CC[C@@]3(C)C2=O)cnn1C. The van der Waals surface area contributed by atoms with Crippen molar-refractivity contribution in [1.29, 1.82) is 0 Å². The minimum Gasteiger partial charge on any atom is -0.393 e. The number of hydrogen-bond donors (Lipinski definition) is 1. The summed E-state index contributed by atoms with van der Waals surface area (Å²) in [5.41, 5.74) is 3.42. The number of nitrogens with zero attached hydrogens (tertiary/aromatic N) is 2. The number of aliphatic hydroxyl groups excluding tert-OH is 1. The predicted molar refractivity (Wildman–Crippen MR) is 114 cm³/mol. The molecule has 1 N–H and O–H groups in total. The lowest BCUT2D eigenvalue weighted by atomic mass is 9.45. The van der Waals surface area contributed by atoms with Crippen molar-refractivity contribution in [3.05, 3.63) is 23.0 Å². The number of Topliss-reactive ketones (excluding diaryl/α,β-unsaturated/α-hetero) is 1. The Labute approximate surface area is 174 Å². The maximum Gasteiger partial charge on any atom is 0.165 e. The second kappa shape index (κ2) is 6.54. The van der Waals surface area contributed by atoms with Gasteiger partial charge in [-0.3, -0.25) is 9.48 Å². The highest BCUT2D eigenvalue weighted by molar-refractivity contribution is 6.06. The molecule has 1 aromatic rings. The van der Waals surface area contributed by atoms with E-state index in [0.29, 0.717) is 29.0 Å². The van der Waals surface area contributed by atoms with Gasteiger partial charge in [0.2, 0.25) is 0 Å². The van der Waals surface area contributed by atoms with Crippen LogP contribution in [0.3, 0.4) is 0 Å². The molecule has 4 aliphatic carbocycles. The zero-order valence-electron chi connectivity index (χ0n) is 18.4. The van der Waals surface area contributed by atoms with Crippen LogP contribution in [0.25, 0.3) is 6.08 Å². The highest BCUT2D eigenvalue weighted by Gasteiger charge is 2.61. The lowest BCUT2D eigenvalue weighted by Crippen LogP contribution is -2.54. The van der Waals surface area contributed by atoms with Gasteiger partial charge in [-0.2, -0.15) is 5.10 Å². The molecule has 1 heterocycles. The molecule has 0 unspecified atom stereocenters. The number of aliphatic hydroxyl groups is 1. The Morgan fingerprint density at radius 1 is 1.17 bits per heavy atom. The first-order valence-corrected chi connectivity index (χ1v) is 11.7. The van der Waals surface area contributed by atoms with E-state index in [2.05, 4.69) is 31.9 Å². The van der Waals surface area contributed by atoms with Crippen molar-refractivity contribution in [1.82, 2.24) is 9.78 Å². The minimum atomic E-state index is -0.180. The smallest absolute Gasteiger partial charge is 0.165 e. The van der Waals surface area contributed by atoms with Gasteiger partial charge in [0.25, 0.3) is 0 Å². The zero-order chi connectivity index (χ0) is 20.6. The van der Waals surface area contributed by atoms with Crippen LogP contribution in [0.1, 0.15) is 76.5 Å². The molecule has 0 spiro atoms. The molecule has 4 saturated carbocycles. The van der Waals surface area contributed by atoms with E-state index in [4.69, 9.17) is 0 Å². The van der Waals surface area contributed by atoms with E-state index < -0.39 is 0 Å². The second-order valence-electron chi connectivity index (χ2n) is 11.1. The number of fused-ring (bicyclic) bond motifs is 5. The molecule has 4 nitrogen and oxygen atoms in total. The number of ketones is 1. The van der Waals surface area contributed by atoms with E-state index in [1.54, 1.807) is 0 Å². The van der Waals surface area contributed by atoms with Gasteiger partial charge in [-0.15, -0.1) is 0 Å². The molecule has 29 heavy (non-hydrogen) atoms. The summed E-state index contributed by atoms with van der Waals surface area (Å²) in [6.45, 7) is 6.84. The first-order chi connectivity index (χ1) is 13.7. The fourth-order valence-corrected chi connectivity index (χ4v) is 7.88. The van der Waals surface area contributed by atoms with Crippen molar-refractivity contribution in [3.63, 3.8) is 0 Å². The summed E-state index contributed by atoms with van der Waals surface area (Å²) in [4.78, 5) is 13.5. The van der Waals surface area contributed by atoms with E-state index >= 15 is 0 Å². The molecule has 0 amide bonds. The van der Waals surface area contributed by atoms with Gasteiger partial charge >= 0.3 is 0 Å². The van der Waals surface area contributed by atoms with Crippen molar-refractivity contribution in [2.75, 3.05) is 0 Å². The first-order valence-electron chi connectivity index (χ1n) is 11.7. The molecule has 0 aromatic carbocycles. The van der Waals surface area contributed by atoms with E-state index in [9.17, 15) is 9.90 Å². The average molecular weight is 397 g/mol. The molecule has 0 bridgehead atoms. The maximum absolute atomic E-state index is 13.5. The average Bonchev–Trinajstić information content (AvgIpc) is 3.14. The van der Waals surface area contributed by atoms with Gasteiger partial charge in [0.05, 0.1) is 12.3 Å². The fourth-order valence-electron chi connectivity index (χ4n) is 7.88. The van der Waals surface area contributed by atoms with Gasteiger partial charge in [0.15, 0.2) is 5.78 Å². The quantitative estimate of drug-likeness (QED) is 0.701. The van der Waals surface area contributed by atoms with Gasteiger partial charge < -0.3 is 5.11 Å². The standard InChI is InChI=1S/C25H36N2O2/c1-15-17(14-26-27(15)4)11-16-12-22-20-6-5-18-13-19(28)7-9-24(18,2)21(20)8-10-25(22,3)23(16)29/h11,14,18-22,28H,5-10,12-13H2,1-4H3/b16-11-/t18-,19-,20-,21+,22+,24-,25+/m0/s1. The first kappa shape index (κ1) is 19.5. The summed E-state index contributed by atoms with van der Waals surface area (Å²) in [7, 11) is 1.96. The molecule has 4 fully saturated rings. The Balaban J connectivity index is 1.46.